The molecule has 19 heavy (non-hydrogen) atoms. The third-order valence-electron chi connectivity index (χ3n) is 3.05. The van der Waals surface area contributed by atoms with Gasteiger partial charge in [-0.1, -0.05) is 13.8 Å². The predicted octanol–water partition coefficient (Wildman–Crippen LogP) is 2.22. The largest absolute Gasteiger partial charge is 0.460 e. The molecule has 0 aromatic carbocycles. The first-order valence-corrected chi connectivity index (χ1v) is 7.07. The van der Waals surface area contributed by atoms with Crippen LogP contribution < -0.4 is 0 Å². The van der Waals surface area contributed by atoms with Crippen molar-refractivity contribution in [1.29, 1.82) is 0 Å². The molecule has 1 aliphatic rings. The third-order valence-corrected chi connectivity index (χ3v) is 3.05. The zero-order chi connectivity index (χ0) is 14.3. The molecule has 1 unspecified atom stereocenters. The molecule has 3 atom stereocenters. The van der Waals surface area contributed by atoms with Gasteiger partial charge < -0.3 is 14.2 Å². The molecule has 0 aromatic rings. The Kier molecular flexibility index (Phi) is 6.84. The Bertz CT molecular complexity index is 302. The summed E-state index contributed by atoms with van der Waals surface area (Å²) in [5.74, 6) is -0.437. The van der Waals surface area contributed by atoms with Gasteiger partial charge in [0, 0.05) is 19.3 Å². The van der Waals surface area contributed by atoms with E-state index in [2.05, 4.69) is 0 Å². The van der Waals surface area contributed by atoms with Gasteiger partial charge in [0.1, 0.15) is 12.2 Å². The third kappa shape index (κ3) is 5.59. The summed E-state index contributed by atoms with van der Waals surface area (Å²) >= 11 is 0. The van der Waals surface area contributed by atoms with E-state index in [9.17, 15) is 9.59 Å². The Hall–Kier alpha value is -1.10. The maximum absolute atomic E-state index is 11.5. The second-order valence-corrected chi connectivity index (χ2v) is 4.91. The molecule has 0 aromatic heterocycles. The molecular weight excluding hydrogens is 248 g/mol. The van der Waals surface area contributed by atoms with Gasteiger partial charge >= 0.3 is 11.9 Å². The lowest BCUT2D eigenvalue weighted by molar-refractivity contribution is -0.182. The van der Waals surface area contributed by atoms with Gasteiger partial charge in [-0.25, -0.2) is 0 Å². The number of carbonyl (C=O) groups is 2. The molecule has 0 saturated carbocycles. The summed E-state index contributed by atoms with van der Waals surface area (Å²) in [6, 6.07) is 0. The Morgan fingerprint density at radius 3 is 2.26 bits per heavy atom. The molecule has 0 aliphatic carbocycles. The minimum atomic E-state index is -0.327. The van der Waals surface area contributed by atoms with Crippen LogP contribution in [-0.2, 0) is 23.8 Å². The fourth-order valence-corrected chi connectivity index (χ4v) is 1.99. The van der Waals surface area contributed by atoms with Crippen molar-refractivity contribution in [3.05, 3.63) is 0 Å². The summed E-state index contributed by atoms with van der Waals surface area (Å²) in [5.41, 5.74) is 0. The van der Waals surface area contributed by atoms with Crippen LogP contribution in [0.3, 0.4) is 0 Å². The topological polar surface area (TPSA) is 61.8 Å². The second-order valence-electron chi connectivity index (χ2n) is 4.91. The van der Waals surface area contributed by atoms with Crippen molar-refractivity contribution in [2.24, 2.45) is 0 Å². The molecule has 0 radical (unpaired) electrons. The lowest BCUT2D eigenvalue weighted by atomic mass is 10.0. The van der Waals surface area contributed by atoms with Crippen LogP contribution in [-0.4, -0.2) is 36.9 Å². The van der Waals surface area contributed by atoms with Crippen LogP contribution >= 0.6 is 0 Å². The van der Waals surface area contributed by atoms with Crippen LogP contribution in [0.4, 0.5) is 0 Å². The van der Waals surface area contributed by atoms with Crippen molar-refractivity contribution in [3.8, 4) is 0 Å². The van der Waals surface area contributed by atoms with Crippen molar-refractivity contribution >= 4 is 11.9 Å². The molecule has 5 heteroatoms. The average Bonchev–Trinajstić information content (AvgIpc) is 2.34. The highest BCUT2D eigenvalue weighted by Gasteiger charge is 2.33. The number of rotatable bonds is 6. The summed E-state index contributed by atoms with van der Waals surface area (Å²) < 4.78 is 16.2. The summed E-state index contributed by atoms with van der Waals surface area (Å²) in [6.45, 7) is 6.10. The Morgan fingerprint density at radius 1 is 1.11 bits per heavy atom. The molecule has 1 aliphatic heterocycles. The van der Waals surface area contributed by atoms with Gasteiger partial charge in [0.25, 0.3) is 0 Å². The number of ether oxygens (including phenoxy) is 3. The lowest BCUT2D eigenvalue weighted by Crippen LogP contribution is -2.43. The van der Waals surface area contributed by atoms with Gasteiger partial charge in [-0.05, 0) is 19.8 Å². The van der Waals surface area contributed by atoms with E-state index in [4.69, 9.17) is 14.2 Å². The van der Waals surface area contributed by atoms with E-state index in [1.165, 1.54) is 0 Å². The van der Waals surface area contributed by atoms with Crippen molar-refractivity contribution < 1.29 is 23.8 Å². The summed E-state index contributed by atoms with van der Waals surface area (Å²) in [7, 11) is 0. The first-order chi connectivity index (χ1) is 9.06. The van der Waals surface area contributed by atoms with E-state index in [-0.39, 0.29) is 30.3 Å². The highest BCUT2D eigenvalue weighted by Crippen LogP contribution is 2.21. The summed E-state index contributed by atoms with van der Waals surface area (Å²) in [4.78, 5) is 22.9. The Labute approximate surface area is 114 Å². The molecule has 0 bridgehead atoms. The fraction of sp³-hybridized carbons (Fsp3) is 0.857. The number of hydrogen-bond acceptors (Lipinski definition) is 5. The van der Waals surface area contributed by atoms with E-state index < -0.39 is 0 Å². The van der Waals surface area contributed by atoms with Gasteiger partial charge in [0.15, 0.2) is 0 Å². The van der Waals surface area contributed by atoms with Gasteiger partial charge in [-0.2, -0.15) is 0 Å². The predicted molar refractivity (Wildman–Crippen MR) is 69.6 cm³/mol. The van der Waals surface area contributed by atoms with Crippen LogP contribution in [0.1, 0.15) is 52.9 Å². The maximum atomic E-state index is 11.5. The first-order valence-electron chi connectivity index (χ1n) is 7.07. The SMILES string of the molecule is CCCC(=O)OC1C[C@@H](OC(=O)CCC)CO[C@H]1C. The highest BCUT2D eigenvalue weighted by atomic mass is 16.6. The van der Waals surface area contributed by atoms with Crippen molar-refractivity contribution in [3.63, 3.8) is 0 Å². The lowest BCUT2D eigenvalue weighted by Gasteiger charge is -2.33. The van der Waals surface area contributed by atoms with Gasteiger partial charge in [-0.15, -0.1) is 0 Å². The first kappa shape index (κ1) is 16.0. The number of hydrogen-bond donors (Lipinski definition) is 0. The molecule has 0 amide bonds. The summed E-state index contributed by atoms with van der Waals surface area (Å²) in [6.07, 6.45) is 2.07. The normalized spacial score (nSPS) is 26.8. The van der Waals surface area contributed by atoms with Crippen molar-refractivity contribution in [1.82, 2.24) is 0 Å². The Morgan fingerprint density at radius 2 is 1.68 bits per heavy atom. The van der Waals surface area contributed by atoms with Crippen LogP contribution in [0, 0.1) is 0 Å². The van der Waals surface area contributed by atoms with Crippen LogP contribution in [0.15, 0.2) is 0 Å². The van der Waals surface area contributed by atoms with E-state index in [1.807, 2.05) is 20.8 Å². The smallest absolute Gasteiger partial charge is 0.306 e. The standard InChI is InChI=1S/C14H24O5/c1-4-6-13(15)18-11-8-12(10(3)17-9-11)19-14(16)7-5-2/h10-12H,4-9H2,1-3H3/t10-,11+,12?/m0/s1. The number of carbonyl (C=O) groups excluding carboxylic acids is 2. The second kappa shape index (κ2) is 8.15. The summed E-state index contributed by atoms with van der Waals surface area (Å²) in [5, 5.41) is 0. The monoisotopic (exact) mass is 272 g/mol. The van der Waals surface area contributed by atoms with Gasteiger partial charge in [0.05, 0.1) is 12.7 Å². The van der Waals surface area contributed by atoms with Gasteiger partial charge in [-0.3, -0.25) is 9.59 Å². The molecular formula is C14H24O5. The Balaban J connectivity index is 2.43. The molecule has 1 rings (SSSR count). The molecule has 5 nitrogen and oxygen atoms in total. The fourth-order valence-electron chi connectivity index (χ4n) is 1.99. The van der Waals surface area contributed by atoms with Gasteiger partial charge in [0.2, 0.25) is 0 Å². The quantitative estimate of drug-likeness (QED) is 0.694. The van der Waals surface area contributed by atoms with E-state index in [0.29, 0.717) is 25.9 Å². The van der Waals surface area contributed by atoms with E-state index in [0.717, 1.165) is 12.8 Å². The van der Waals surface area contributed by atoms with E-state index in [1.54, 1.807) is 0 Å². The molecule has 0 N–H and O–H groups in total. The van der Waals surface area contributed by atoms with Crippen molar-refractivity contribution in [2.45, 2.75) is 71.2 Å². The molecule has 110 valence electrons. The van der Waals surface area contributed by atoms with Crippen molar-refractivity contribution in [2.75, 3.05) is 6.61 Å². The molecule has 1 heterocycles. The van der Waals surface area contributed by atoms with Crippen LogP contribution in [0.25, 0.3) is 0 Å². The molecule has 1 saturated heterocycles. The zero-order valence-electron chi connectivity index (χ0n) is 12.0. The van der Waals surface area contributed by atoms with Crippen LogP contribution in [0.5, 0.6) is 0 Å². The maximum Gasteiger partial charge on any atom is 0.306 e. The van der Waals surface area contributed by atoms with Crippen LogP contribution in [0.2, 0.25) is 0 Å². The zero-order valence-corrected chi connectivity index (χ0v) is 12.0. The molecule has 1 fully saturated rings. The minimum Gasteiger partial charge on any atom is -0.460 e. The minimum absolute atomic E-state index is 0.151. The highest BCUT2D eigenvalue weighted by molar-refractivity contribution is 5.70. The van der Waals surface area contributed by atoms with E-state index >= 15 is 0 Å². The average molecular weight is 272 g/mol. The molecule has 0 spiro atoms. The number of esters is 2.